The second-order valence-electron chi connectivity index (χ2n) is 5.13. The van der Waals surface area contributed by atoms with Gasteiger partial charge in [-0.1, -0.05) is 23.8 Å². The van der Waals surface area contributed by atoms with Gasteiger partial charge in [-0.2, -0.15) is 0 Å². The van der Waals surface area contributed by atoms with Crippen LogP contribution in [0.4, 0.5) is 0 Å². The van der Waals surface area contributed by atoms with Crippen molar-refractivity contribution in [2.75, 3.05) is 19.7 Å². The van der Waals surface area contributed by atoms with Gasteiger partial charge in [0.25, 0.3) is 0 Å². The van der Waals surface area contributed by atoms with E-state index in [0.717, 1.165) is 43.2 Å². The summed E-state index contributed by atoms with van der Waals surface area (Å²) < 4.78 is 5.70. The molecule has 1 saturated heterocycles. The SMILES string of the molecule is Cc1cccc(-c2ccnc(CC3CNCCO3)n2)c1. The van der Waals surface area contributed by atoms with E-state index in [9.17, 15) is 0 Å². The molecule has 2 heterocycles. The standard InChI is InChI=1S/C16H19N3O/c1-12-3-2-4-13(9-12)15-5-6-18-16(19-15)10-14-11-17-7-8-20-14/h2-6,9,14,17H,7-8,10-11H2,1H3. The van der Waals surface area contributed by atoms with Crippen molar-refractivity contribution in [2.24, 2.45) is 0 Å². The van der Waals surface area contributed by atoms with E-state index in [-0.39, 0.29) is 6.10 Å². The number of benzene rings is 1. The molecule has 0 saturated carbocycles. The van der Waals surface area contributed by atoms with Crippen molar-refractivity contribution in [2.45, 2.75) is 19.4 Å². The number of nitrogens with one attached hydrogen (secondary N) is 1. The number of hydrogen-bond acceptors (Lipinski definition) is 4. The van der Waals surface area contributed by atoms with Gasteiger partial charge in [-0.3, -0.25) is 0 Å². The van der Waals surface area contributed by atoms with E-state index < -0.39 is 0 Å². The molecule has 0 aliphatic carbocycles. The third kappa shape index (κ3) is 3.21. The average Bonchev–Trinajstić information content (AvgIpc) is 2.49. The van der Waals surface area contributed by atoms with Gasteiger partial charge in [0.15, 0.2) is 0 Å². The minimum absolute atomic E-state index is 0.177. The molecule has 104 valence electrons. The van der Waals surface area contributed by atoms with Crippen LogP contribution >= 0.6 is 0 Å². The van der Waals surface area contributed by atoms with Gasteiger partial charge >= 0.3 is 0 Å². The lowest BCUT2D eigenvalue weighted by Crippen LogP contribution is -2.39. The topological polar surface area (TPSA) is 47.0 Å². The molecule has 0 spiro atoms. The highest BCUT2D eigenvalue weighted by Gasteiger charge is 2.15. The normalized spacial score (nSPS) is 18.9. The van der Waals surface area contributed by atoms with E-state index in [4.69, 9.17) is 4.74 Å². The quantitative estimate of drug-likeness (QED) is 0.925. The van der Waals surface area contributed by atoms with Crippen molar-refractivity contribution in [3.8, 4) is 11.3 Å². The van der Waals surface area contributed by atoms with Crippen LogP contribution in [0, 0.1) is 6.92 Å². The summed E-state index contributed by atoms with van der Waals surface area (Å²) in [6, 6.07) is 10.3. The highest BCUT2D eigenvalue weighted by atomic mass is 16.5. The number of morpholine rings is 1. The van der Waals surface area contributed by atoms with Crippen LogP contribution in [0.2, 0.25) is 0 Å². The van der Waals surface area contributed by atoms with Crippen molar-refractivity contribution in [3.05, 3.63) is 47.9 Å². The lowest BCUT2D eigenvalue weighted by atomic mass is 10.1. The maximum Gasteiger partial charge on any atom is 0.131 e. The molecule has 4 heteroatoms. The molecule has 1 aliphatic rings. The first-order valence-corrected chi connectivity index (χ1v) is 7.02. The first-order valence-electron chi connectivity index (χ1n) is 7.02. The average molecular weight is 269 g/mol. The number of ether oxygens (including phenoxy) is 1. The summed E-state index contributed by atoms with van der Waals surface area (Å²) in [5.41, 5.74) is 3.35. The van der Waals surface area contributed by atoms with E-state index in [2.05, 4.69) is 46.5 Å². The van der Waals surface area contributed by atoms with Gasteiger partial charge in [-0.05, 0) is 19.1 Å². The summed E-state index contributed by atoms with van der Waals surface area (Å²) in [6.45, 7) is 4.66. The third-order valence-corrected chi connectivity index (χ3v) is 3.43. The Balaban J connectivity index is 1.78. The first-order chi connectivity index (χ1) is 9.81. The molecule has 1 aliphatic heterocycles. The fraction of sp³-hybridized carbons (Fsp3) is 0.375. The Morgan fingerprint density at radius 1 is 1.35 bits per heavy atom. The van der Waals surface area contributed by atoms with Crippen molar-refractivity contribution >= 4 is 0 Å². The highest BCUT2D eigenvalue weighted by Crippen LogP contribution is 2.18. The van der Waals surface area contributed by atoms with E-state index in [1.54, 1.807) is 0 Å². The molecule has 1 aromatic heterocycles. The van der Waals surface area contributed by atoms with Gasteiger partial charge in [0.2, 0.25) is 0 Å². The van der Waals surface area contributed by atoms with Gasteiger partial charge in [0.05, 0.1) is 18.4 Å². The van der Waals surface area contributed by atoms with Crippen LogP contribution in [-0.4, -0.2) is 35.8 Å². The molecule has 0 bridgehead atoms. The van der Waals surface area contributed by atoms with E-state index >= 15 is 0 Å². The Kier molecular flexibility index (Phi) is 4.04. The van der Waals surface area contributed by atoms with Crippen molar-refractivity contribution < 1.29 is 4.74 Å². The maximum absolute atomic E-state index is 5.70. The zero-order chi connectivity index (χ0) is 13.8. The molecular weight excluding hydrogens is 250 g/mol. The lowest BCUT2D eigenvalue weighted by Gasteiger charge is -2.22. The molecule has 1 unspecified atom stereocenters. The first kappa shape index (κ1) is 13.2. The van der Waals surface area contributed by atoms with Crippen LogP contribution in [0.3, 0.4) is 0 Å². The van der Waals surface area contributed by atoms with Crippen molar-refractivity contribution in [1.82, 2.24) is 15.3 Å². The molecule has 1 N–H and O–H groups in total. The van der Waals surface area contributed by atoms with E-state index in [0.29, 0.717) is 0 Å². The fourth-order valence-electron chi connectivity index (χ4n) is 2.42. The molecule has 0 amide bonds. The smallest absolute Gasteiger partial charge is 0.131 e. The Hall–Kier alpha value is -1.78. The summed E-state index contributed by atoms with van der Waals surface area (Å²) in [5, 5.41) is 3.33. The summed E-state index contributed by atoms with van der Waals surface area (Å²) in [5.74, 6) is 0.845. The van der Waals surface area contributed by atoms with Crippen molar-refractivity contribution in [3.63, 3.8) is 0 Å². The molecule has 4 nitrogen and oxygen atoms in total. The number of nitrogens with zero attached hydrogens (tertiary/aromatic N) is 2. The Morgan fingerprint density at radius 3 is 3.10 bits per heavy atom. The molecule has 0 radical (unpaired) electrons. The molecule has 2 aromatic rings. The highest BCUT2D eigenvalue weighted by molar-refractivity contribution is 5.59. The third-order valence-electron chi connectivity index (χ3n) is 3.43. The van der Waals surface area contributed by atoms with Crippen LogP contribution < -0.4 is 5.32 Å². The van der Waals surface area contributed by atoms with Gasteiger partial charge in [0.1, 0.15) is 5.82 Å². The zero-order valence-corrected chi connectivity index (χ0v) is 11.7. The summed E-state index contributed by atoms with van der Waals surface area (Å²) in [7, 11) is 0. The number of aromatic nitrogens is 2. The second-order valence-corrected chi connectivity index (χ2v) is 5.13. The molecular formula is C16H19N3O. The second kappa shape index (κ2) is 6.11. The van der Waals surface area contributed by atoms with Crippen LogP contribution in [-0.2, 0) is 11.2 Å². The largest absolute Gasteiger partial charge is 0.375 e. The van der Waals surface area contributed by atoms with E-state index in [1.807, 2.05) is 12.3 Å². The number of rotatable bonds is 3. The minimum Gasteiger partial charge on any atom is -0.375 e. The van der Waals surface area contributed by atoms with E-state index in [1.165, 1.54) is 5.56 Å². The van der Waals surface area contributed by atoms with Gasteiger partial charge in [-0.15, -0.1) is 0 Å². The monoisotopic (exact) mass is 269 g/mol. The van der Waals surface area contributed by atoms with Crippen LogP contribution in [0.5, 0.6) is 0 Å². The van der Waals surface area contributed by atoms with Gasteiger partial charge in [-0.25, -0.2) is 9.97 Å². The van der Waals surface area contributed by atoms with Gasteiger partial charge < -0.3 is 10.1 Å². The van der Waals surface area contributed by atoms with Crippen LogP contribution in [0.1, 0.15) is 11.4 Å². The number of hydrogen-bond donors (Lipinski definition) is 1. The predicted octanol–water partition coefficient (Wildman–Crippen LogP) is 1.98. The minimum atomic E-state index is 0.177. The molecule has 20 heavy (non-hydrogen) atoms. The molecule has 1 atom stereocenters. The Bertz CT molecular complexity index is 579. The Morgan fingerprint density at radius 2 is 2.30 bits per heavy atom. The molecule has 1 fully saturated rings. The van der Waals surface area contributed by atoms with Crippen LogP contribution in [0.15, 0.2) is 36.5 Å². The maximum atomic E-state index is 5.70. The van der Waals surface area contributed by atoms with Crippen molar-refractivity contribution in [1.29, 1.82) is 0 Å². The summed E-state index contributed by atoms with van der Waals surface area (Å²) in [6.07, 6.45) is 2.76. The Labute approximate surface area is 119 Å². The summed E-state index contributed by atoms with van der Waals surface area (Å²) in [4.78, 5) is 9.02. The zero-order valence-electron chi connectivity index (χ0n) is 11.7. The van der Waals surface area contributed by atoms with Crippen LogP contribution in [0.25, 0.3) is 11.3 Å². The molecule has 3 rings (SSSR count). The predicted molar refractivity (Wildman–Crippen MR) is 78.5 cm³/mol. The lowest BCUT2D eigenvalue weighted by molar-refractivity contribution is 0.0280. The number of aryl methyl sites for hydroxylation is 1. The fourth-order valence-corrected chi connectivity index (χ4v) is 2.42. The molecule has 1 aromatic carbocycles. The summed E-state index contributed by atoms with van der Waals surface area (Å²) >= 11 is 0. The van der Waals surface area contributed by atoms with Gasteiger partial charge in [0, 0.05) is 31.3 Å².